The van der Waals surface area contributed by atoms with Gasteiger partial charge in [-0.25, -0.2) is 4.79 Å². The fraction of sp³-hybridized carbons (Fsp3) is 0.364. The highest BCUT2D eigenvalue weighted by molar-refractivity contribution is 9.10. The van der Waals surface area contributed by atoms with Gasteiger partial charge >= 0.3 is 5.97 Å². The molecule has 0 radical (unpaired) electrons. The van der Waals surface area contributed by atoms with E-state index in [-0.39, 0.29) is 0 Å². The first-order chi connectivity index (χ1) is 7.95. The molecule has 0 bridgehead atoms. The lowest BCUT2D eigenvalue weighted by molar-refractivity contribution is -0.145. The molecule has 0 amide bonds. The number of carbonyl (C=O) groups is 1. The summed E-state index contributed by atoms with van der Waals surface area (Å²) < 4.78 is 5.95. The van der Waals surface area contributed by atoms with Gasteiger partial charge in [0, 0.05) is 5.02 Å². The predicted octanol–water partition coefficient (Wildman–Crippen LogP) is 3.32. The fourth-order valence-electron chi connectivity index (χ4n) is 1.34. The Kier molecular flexibility index (Phi) is 5.08. The molecule has 0 aliphatic heterocycles. The number of halogens is 2. The molecule has 1 aromatic carbocycles. The topological polar surface area (TPSA) is 72.5 Å². The quantitative estimate of drug-likeness (QED) is 0.816. The SMILES string of the molecule is CCCC(Oc1c(N)cc(Cl)cc1Br)C(=O)O. The minimum atomic E-state index is -1.01. The average molecular weight is 323 g/mol. The van der Waals surface area contributed by atoms with Gasteiger partial charge in [-0.1, -0.05) is 24.9 Å². The maximum Gasteiger partial charge on any atom is 0.344 e. The smallest absolute Gasteiger partial charge is 0.344 e. The number of carboxylic acids is 1. The first-order valence-electron chi connectivity index (χ1n) is 5.09. The molecule has 1 aromatic rings. The van der Waals surface area contributed by atoms with E-state index in [0.717, 1.165) is 0 Å². The van der Waals surface area contributed by atoms with Crippen molar-refractivity contribution >= 4 is 39.2 Å². The van der Waals surface area contributed by atoms with Crippen LogP contribution in [0.4, 0.5) is 5.69 Å². The maximum absolute atomic E-state index is 11.0. The maximum atomic E-state index is 11.0. The number of hydrogen-bond acceptors (Lipinski definition) is 3. The van der Waals surface area contributed by atoms with Gasteiger partial charge in [0.2, 0.25) is 0 Å². The molecular weight excluding hydrogens is 309 g/mol. The second-order valence-corrected chi connectivity index (χ2v) is 4.83. The lowest BCUT2D eigenvalue weighted by Crippen LogP contribution is -2.27. The molecule has 0 aromatic heterocycles. The summed E-state index contributed by atoms with van der Waals surface area (Å²) in [5.41, 5.74) is 6.05. The van der Waals surface area contributed by atoms with E-state index in [9.17, 15) is 4.79 Å². The van der Waals surface area contributed by atoms with E-state index in [0.29, 0.717) is 33.8 Å². The van der Waals surface area contributed by atoms with Crippen LogP contribution in [-0.4, -0.2) is 17.2 Å². The Morgan fingerprint density at radius 3 is 2.76 bits per heavy atom. The van der Waals surface area contributed by atoms with Crippen molar-refractivity contribution < 1.29 is 14.6 Å². The highest BCUT2D eigenvalue weighted by Gasteiger charge is 2.21. The zero-order chi connectivity index (χ0) is 13.0. The Morgan fingerprint density at radius 1 is 1.65 bits per heavy atom. The molecular formula is C11H13BrClNO3. The third kappa shape index (κ3) is 3.78. The van der Waals surface area contributed by atoms with Crippen LogP contribution in [0.5, 0.6) is 5.75 Å². The zero-order valence-corrected chi connectivity index (χ0v) is 11.6. The Bertz CT molecular complexity index is 402. The molecule has 3 N–H and O–H groups in total. The second kappa shape index (κ2) is 6.12. The van der Waals surface area contributed by atoms with Crippen LogP contribution in [0.3, 0.4) is 0 Å². The first kappa shape index (κ1) is 14.1. The average Bonchev–Trinajstić information content (AvgIpc) is 2.21. The van der Waals surface area contributed by atoms with Crippen molar-refractivity contribution in [2.75, 3.05) is 5.73 Å². The lowest BCUT2D eigenvalue weighted by atomic mass is 10.2. The number of ether oxygens (including phenoxy) is 1. The van der Waals surface area contributed by atoms with Crippen LogP contribution < -0.4 is 10.5 Å². The van der Waals surface area contributed by atoms with E-state index < -0.39 is 12.1 Å². The summed E-state index contributed by atoms with van der Waals surface area (Å²) in [5, 5.41) is 9.46. The molecule has 0 heterocycles. The van der Waals surface area contributed by atoms with Crippen LogP contribution in [0.1, 0.15) is 19.8 Å². The summed E-state index contributed by atoms with van der Waals surface area (Å²) in [6.07, 6.45) is 0.228. The number of hydrogen-bond donors (Lipinski definition) is 2. The van der Waals surface area contributed by atoms with Crippen molar-refractivity contribution in [2.45, 2.75) is 25.9 Å². The molecule has 4 nitrogen and oxygen atoms in total. The third-order valence-electron chi connectivity index (χ3n) is 2.12. The summed E-state index contributed by atoms with van der Waals surface area (Å²) in [6.45, 7) is 1.89. The Labute approximate surface area is 113 Å². The van der Waals surface area contributed by atoms with Gasteiger partial charge in [-0.3, -0.25) is 0 Å². The molecule has 0 spiro atoms. The summed E-state index contributed by atoms with van der Waals surface area (Å²) in [4.78, 5) is 11.0. The number of benzene rings is 1. The van der Waals surface area contributed by atoms with Crippen LogP contribution in [-0.2, 0) is 4.79 Å². The van der Waals surface area contributed by atoms with Gasteiger partial charge in [0.15, 0.2) is 11.9 Å². The number of anilines is 1. The third-order valence-corrected chi connectivity index (χ3v) is 2.93. The molecule has 1 rings (SSSR count). The summed E-state index contributed by atoms with van der Waals surface area (Å²) in [6, 6.07) is 3.13. The van der Waals surface area contributed by atoms with Crippen molar-refractivity contribution in [3.05, 3.63) is 21.6 Å². The van der Waals surface area contributed by atoms with E-state index in [4.69, 9.17) is 27.2 Å². The molecule has 1 atom stereocenters. The predicted molar refractivity (Wildman–Crippen MR) is 70.5 cm³/mol. The van der Waals surface area contributed by atoms with Crippen molar-refractivity contribution in [1.29, 1.82) is 0 Å². The monoisotopic (exact) mass is 321 g/mol. The number of nitrogen functional groups attached to an aromatic ring is 1. The summed E-state index contributed by atoms with van der Waals surface area (Å²) in [7, 11) is 0. The summed E-state index contributed by atoms with van der Waals surface area (Å²) >= 11 is 9.04. The van der Waals surface area contributed by atoms with Gasteiger partial charge in [0.1, 0.15) is 0 Å². The molecule has 94 valence electrons. The van der Waals surface area contributed by atoms with Crippen LogP contribution in [0.2, 0.25) is 5.02 Å². The first-order valence-corrected chi connectivity index (χ1v) is 6.26. The van der Waals surface area contributed by atoms with Crippen molar-refractivity contribution in [1.82, 2.24) is 0 Å². The Hall–Kier alpha value is -0.940. The number of aliphatic carboxylic acids is 1. The van der Waals surface area contributed by atoms with E-state index >= 15 is 0 Å². The van der Waals surface area contributed by atoms with Gasteiger partial charge in [-0.15, -0.1) is 0 Å². The molecule has 1 unspecified atom stereocenters. The van der Waals surface area contributed by atoms with Gasteiger partial charge in [0.25, 0.3) is 0 Å². The molecule has 0 aliphatic carbocycles. The molecule has 0 fully saturated rings. The minimum absolute atomic E-state index is 0.312. The van der Waals surface area contributed by atoms with Crippen LogP contribution in [0.15, 0.2) is 16.6 Å². The van der Waals surface area contributed by atoms with Crippen LogP contribution in [0, 0.1) is 0 Å². The fourth-order valence-corrected chi connectivity index (χ4v) is 2.27. The Morgan fingerprint density at radius 2 is 2.29 bits per heavy atom. The lowest BCUT2D eigenvalue weighted by Gasteiger charge is -2.17. The van der Waals surface area contributed by atoms with Crippen LogP contribution in [0.25, 0.3) is 0 Å². The van der Waals surface area contributed by atoms with E-state index in [1.54, 1.807) is 6.07 Å². The van der Waals surface area contributed by atoms with E-state index in [1.165, 1.54) is 6.07 Å². The summed E-state index contributed by atoms with van der Waals surface area (Å²) in [5.74, 6) is -0.691. The zero-order valence-electron chi connectivity index (χ0n) is 9.24. The van der Waals surface area contributed by atoms with Gasteiger partial charge in [-0.2, -0.15) is 0 Å². The normalized spacial score (nSPS) is 12.2. The molecule has 6 heteroatoms. The Balaban J connectivity index is 2.97. The molecule has 0 aliphatic rings. The van der Waals surface area contributed by atoms with E-state index in [2.05, 4.69) is 15.9 Å². The second-order valence-electron chi connectivity index (χ2n) is 3.54. The van der Waals surface area contributed by atoms with Gasteiger partial charge in [-0.05, 0) is 34.5 Å². The van der Waals surface area contributed by atoms with Crippen molar-refractivity contribution in [3.8, 4) is 5.75 Å². The number of nitrogens with two attached hydrogens (primary N) is 1. The highest BCUT2D eigenvalue weighted by Crippen LogP contribution is 2.35. The van der Waals surface area contributed by atoms with Crippen molar-refractivity contribution in [3.63, 3.8) is 0 Å². The molecule has 0 saturated heterocycles. The largest absolute Gasteiger partial charge is 0.479 e. The van der Waals surface area contributed by atoms with Gasteiger partial charge < -0.3 is 15.6 Å². The number of carboxylic acid groups (broad SMARTS) is 1. The van der Waals surface area contributed by atoms with Gasteiger partial charge in [0.05, 0.1) is 10.2 Å². The van der Waals surface area contributed by atoms with E-state index in [1.807, 2.05) is 6.92 Å². The number of rotatable bonds is 5. The molecule has 0 saturated carbocycles. The molecule has 17 heavy (non-hydrogen) atoms. The minimum Gasteiger partial charge on any atom is -0.479 e. The van der Waals surface area contributed by atoms with Crippen LogP contribution >= 0.6 is 27.5 Å². The highest BCUT2D eigenvalue weighted by atomic mass is 79.9. The standard InChI is InChI=1S/C11H13BrClNO3/c1-2-3-9(11(15)16)17-10-7(12)4-6(13)5-8(10)14/h4-5,9H,2-3,14H2,1H3,(H,15,16). The van der Waals surface area contributed by atoms with Crippen molar-refractivity contribution in [2.24, 2.45) is 0 Å².